The van der Waals surface area contributed by atoms with Gasteiger partial charge in [-0.2, -0.15) is 0 Å². The van der Waals surface area contributed by atoms with E-state index in [1.54, 1.807) is 0 Å². The van der Waals surface area contributed by atoms with Gasteiger partial charge in [-0.3, -0.25) is 9.59 Å². The molecule has 0 saturated carbocycles. The molecule has 0 unspecified atom stereocenters. The van der Waals surface area contributed by atoms with Gasteiger partial charge in [-0.05, 0) is 61.9 Å². The van der Waals surface area contributed by atoms with Crippen LogP contribution < -0.4 is 5.32 Å². The zero-order valence-corrected chi connectivity index (χ0v) is 17.8. The molecular weight excluding hydrogens is 360 g/mol. The average Bonchev–Trinajstić information content (AvgIpc) is 2.73. The topological polar surface area (TPSA) is 49.4 Å². The molecule has 0 spiro atoms. The van der Waals surface area contributed by atoms with E-state index in [0.717, 1.165) is 42.5 Å². The number of hydrogen-bond acceptors (Lipinski definition) is 2. The van der Waals surface area contributed by atoms with E-state index in [0.29, 0.717) is 24.6 Å². The molecule has 1 aliphatic rings. The van der Waals surface area contributed by atoms with Crippen LogP contribution in [0.4, 0.5) is 0 Å². The zero-order valence-electron chi connectivity index (χ0n) is 17.8. The SMILES string of the molecule is Cc1ccc(C(=O)N2CCC[C@@H](c3cccc(C(=O)NCCC(C)C)c3)C2)cc1. The van der Waals surface area contributed by atoms with Crippen LogP contribution in [0.1, 0.15) is 70.9 Å². The molecule has 0 aliphatic carbocycles. The standard InChI is InChI=1S/C25H32N2O2/c1-18(2)13-14-26-24(28)22-7-4-6-21(16-22)23-8-5-15-27(17-23)25(29)20-11-9-19(3)10-12-20/h4,6-7,9-12,16,18,23H,5,8,13-15,17H2,1-3H3,(H,26,28)/t23-/m1/s1. The van der Waals surface area contributed by atoms with E-state index < -0.39 is 0 Å². The van der Waals surface area contributed by atoms with Gasteiger partial charge in [0.25, 0.3) is 11.8 Å². The molecule has 0 aromatic heterocycles. The van der Waals surface area contributed by atoms with Crippen LogP contribution in [-0.2, 0) is 0 Å². The van der Waals surface area contributed by atoms with E-state index in [9.17, 15) is 9.59 Å². The fourth-order valence-electron chi connectivity index (χ4n) is 3.82. The van der Waals surface area contributed by atoms with Gasteiger partial charge < -0.3 is 10.2 Å². The molecule has 1 atom stereocenters. The highest BCUT2D eigenvalue weighted by Gasteiger charge is 2.26. The number of rotatable bonds is 6. The van der Waals surface area contributed by atoms with Gasteiger partial charge in [-0.15, -0.1) is 0 Å². The number of carbonyl (C=O) groups excluding carboxylic acids is 2. The van der Waals surface area contributed by atoms with Gasteiger partial charge in [-0.25, -0.2) is 0 Å². The Morgan fingerprint density at radius 3 is 2.59 bits per heavy atom. The van der Waals surface area contributed by atoms with Crippen LogP contribution in [0.25, 0.3) is 0 Å². The number of amides is 2. The van der Waals surface area contributed by atoms with Crippen LogP contribution in [0.3, 0.4) is 0 Å². The van der Waals surface area contributed by atoms with Crippen LogP contribution >= 0.6 is 0 Å². The third-order valence-electron chi connectivity index (χ3n) is 5.63. The summed E-state index contributed by atoms with van der Waals surface area (Å²) < 4.78 is 0. The summed E-state index contributed by atoms with van der Waals surface area (Å²) in [4.78, 5) is 27.3. The van der Waals surface area contributed by atoms with E-state index in [1.165, 1.54) is 0 Å². The van der Waals surface area contributed by atoms with Gasteiger partial charge in [0.1, 0.15) is 0 Å². The predicted octanol–water partition coefficient (Wildman–Crippen LogP) is 4.79. The molecule has 2 aromatic carbocycles. The predicted molar refractivity (Wildman–Crippen MR) is 117 cm³/mol. The molecule has 4 nitrogen and oxygen atoms in total. The summed E-state index contributed by atoms with van der Waals surface area (Å²) in [5.74, 6) is 0.913. The minimum absolute atomic E-state index is 0.0177. The van der Waals surface area contributed by atoms with Gasteiger partial charge in [0.05, 0.1) is 0 Å². The van der Waals surface area contributed by atoms with E-state index in [2.05, 4.69) is 25.2 Å². The smallest absolute Gasteiger partial charge is 0.253 e. The Morgan fingerprint density at radius 2 is 1.86 bits per heavy atom. The molecular formula is C25H32N2O2. The molecule has 1 saturated heterocycles. The molecule has 29 heavy (non-hydrogen) atoms. The zero-order chi connectivity index (χ0) is 20.8. The summed E-state index contributed by atoms with van der Waals surface area (Å²) in [5, 5.41) is 3.01. The molecule has 1 N–H and O–H groups in total. The van der Waals surface area contributed by atoms with Crippen molar-refractivity contribution in [2.45, 2.75) is 46.0 Å². The highest BCUT2D eigenvalue weighted by molar-refractivity contribution is 5.95. The number of nitrogens with one attached hydrogen (secondary N) is 1. The van der Waals surface area contributed by atoms with Crippen molar-refractivity contribution in [1.29, 1.82) is 0 Å². The second-order valence-electron chi connectivity index (χ2n) is 8.52. The molecule has 2 aromatic rings. The first kappa shape index (κ1) is 21.1. The van der Waals surface area contributed by atoms with Crippen molar-refractivity contribution in [2.75, 3.05) is 19.6 Å². The first-order valence-corrected chi connectivity index (χ1v) is 10.7. The fourth-order valence-corrected chi connectivity index (χ4v) is 3.82. The molecule has 0 radical (unpaired) electrons. The average molecular weight is 393 g/mol. The Morgan fingerprint density at radius 1 is 1.10 bits per heavy atom. The maximum absolute atomic E-state index is 12.9. The number of piperidine rings is 1. The molecule has 3 rings (SSSR count). The second kappa shape index (κ2) is 9.73. The minimum atomic E-state index is -0.0177. The van der Waals surface area contributed by atoms with Crippen molar-refractivity contribution in [3.8, 4) is 0 Å². The highest BCUT2D eigenvalue weighted by Crippen LogP contribution is 2.28. The Labute approximate surface area is 174 Å². The molecule has 1 fully saturated rings. The van der Waals surface area contributed by atoms with Crippen LogP contribution in [0, 0.1) is 12.8 Å². The van der Waals surface area contributed by atoms with Gasteiger partial charge in [-0.1, -0.05) is 43.7 Å². The van der Waals surface area contributed by atoms with Crippen molar-refractivity contribution < 1.29 is 9.59 Å². The fraction of sp³-hybridized carbons (Fsp3) is 0.440. The monoisotopic (exact) mass is 392 g/mol. The lowest BCUT2D eigenvalue weighted by atomic mass is 9.89. The van der Waals surface area contributed by atoms with Gasteiger partial charge in [0, 0.05) is 36.7 Å². The number of benzene rings is 2. The van der Waals surface area contributed by atoms with Crippen molar-refractivity contribution >= 4 is 11.8 Å². The number of carbonyl (C=O) groups is 2. The van der Waals surface area contributed by atoms with Crippen molar-refractivity contribution in [3.63, 3.8) is 0 Å². The maximum Gasteiger partial charge on any atom is 0.253 e. The first-order chi connectivity index (χ1) is 13.9. The largest absolute Gasteiger partial charge is 0.352 e. The lowest BCUT2D eigenvalue weighted by Crippen LogP contribution is -2.39. The summed E-state index contributed by atoms with van der Waals surface area (Å²) in [7, 11) is 0. The van der Waals surface area contributed by atoms with Crippen molar-refractivity contribution in [3.05, 3.63) is 70.8 Å². The lowest BCUT2D eigenvalue weighted by molar-refractivity contribution is 0.0706. The summed E-state index contributed by atoms with van der Waals surface area (Å²) in [5.41, 5.74) is 3.74. The van der Waals surface area contributed by atoms with Gasteiger partial charge in [0.2, 0.25) is 0 Å². The summed E-state index contributed by atoms with van der Waals surface area (Å²) in [6.07, 6.45) is 2.99. The van der Waals surface area contributed by atoms with Crippen molar-refractivity contribution in [1.82, 2.24) is 10.2 Å². The third-order valence-corrected chi connectivity index (χ3v) is 5.63. The number of likely N-dealkylation sites (tertiary alicyclic amines) is 1. The maximum atomic E-state index is 12.9. The third kappa shape index (κ3) is 5.69. The number of hydrogen-bond donors (Lipinski definition) is 1. The van der Waals surface area contributed by atoms with Gasteiger partial charge in [0.15, 0.2) is 0 Å². The molecule has 4 heteroatoms. The number of nitrogens with zero attached hydrogens (tertiary/aromatic N) is 1. The van der Waals surface area contributed by atoms with Crippen LogP contribution in [0.15, 0.2) is 48.5 Å². The molecule has 0 bridgehead atoms. The second-order valence-corrected chi connectivity index (χ2v) is 8.52. The van der Waals surface area contributed by atoms with E-state index in [4.69, 9.17) is 0 Å². The van der Waals surface area contributed by atoms with E-state index in [1.807, 2.05) is 54.3 Å². The Hall–Kier alpha value is -2.62. The summed E-state index contributed by atoms with van der Waals surface area (Å²) in [6.45, 7) is 8.52. The lowest BCUT2D eigenvalue weighted by Gasteiger charge is -2.33. The van der Waals surface area contributed by atoms with Crippen molar-refractivity contribution in [2.24, 2.45) is 5.92 Å². The highest BCUT2D eigenvalue weighted by atomic mass is 16.2. The van der Waals surface area contributed by atoms with Crippen LogP contribution in [0.2, 0.25) is 0 Å². The van der Waals surface area contributed by atoms with Crippen LogP contribution in [-0.4, -0.2) is 36.3 Å². The van der Waals surface area contributed by atoms with E-state index in [-0.39, 0.29) is 17.7 Å². The Bertz CT molecular complexity index is 842. The van der Waals surface area contributed by atoms with Gasteiger partial charge >= 0.3 is 0 Å². The van der Waals surface area contributed by atoms with E-state index >= 15 is 0 Å². The number of aryl methyl sites for hydroxylation is 1. The minimum Gasteiger partial charge on any atom is -0.352 e. The molecule has 154 valence electrons. The first-order valence-electron chi connectivity index (χ1n) is 10.7. The normalized spacial score (nSPS) is 16.7. The Kier molecular flexibility index (Phi) is 7.08. The summed E-state index contributed by atoms with van der Waals surface area (Å²) >= 11 is 0. The summed E-state index contributed by atoms with van der Waals surface area (Å²) in [6, 6.07) is 15.7. The molecule has 1 heterocycles. The molecule has 2 amide bonds. The Balaban J connectivity index is 1.66. The quantitative estimate of drug-likeness (QED) is 0.768. The molecule has 1 aliphatic heterocycles. The van der Waals surface area contributed by atoms with Crippen LogP contribution in [0.5, 0.6) is 0 Å².